The smallest absolute Gasteiger partial charge is 0.315 e. The van der Waals surface area contributed by atoms with Crippen molar-refractivity contribution in [3.8, 4) is 6.07 Å². The fraction of sp³-hybridized carbons (Fsp3) is 0.524. The third-order valence-electron chi connectivity index (χ3n) is 5.28. The van der Waals surface area contributed by atoms with E-state index in [-0.39, 0.29) is 30.9 Å². The van der Waals surface area contributed by atoms with Crippen molar-refractivity contribution < 1.29 is 19.1 Å². The summed E-state index contributed by atoms with van der Waals surface area (Å²) >= 11 is 0. The lowest BCUT2D eigenvalue weighted by Crippen LogP contribution is -2.46. The zero-order chi connectivity index (χ0) is 20.6. The van der Waals surface area contributed by atoms with Gasteiger partial charge in [0.2, 0.25) is 5.91 Å². The molecule has 0 bridgehead atoms. The van der Waals surface area contributed by atoms with Gasteiger partial charge in [0.25, 0.3) is 0 Å². The van der Waals surface area contributed by atoms with Crippen molar-refractivity contribution in [2.24, 2.45) is 0 Å². The summed E-state index contributed by atoms with van der Waals surface area (Å²) in [5.74, 6) is -0.498. The van der Waals surface area contributed by atoms with E-state index in [1.165, 1.54) is 6.42 Å². The zero-order valence-electron chi connectivity index (χ0n) is 16.4. The molecular formula is C21H26N4O4. The highest BCUT2D eigenvalue weighted by atomic mass is 16.5. The lowest BCUT2D eigenvalue weighted by Gasteiger charge is -2.21. The maximum Gasteiger partial charge on any atom is 0.315 e. The summed E-state index contributed by atoms with van der Waals surface area (Å²) in [5, 5.41) is 14.1. The van der Waals surface area contributed by atoms with Gasteiger partial charge in [0.15, 0.2) is 0 Å². The summed E-state index contributed by atoms with van der Waals surface area (Å²) in [5.41, 5.74) is 1.22. The minimum atomic E-state index is -0.611. The molecule has 1 saturated carbocycles. The summed E-state index contributed by atoms with van der Waals surface area (Å²) in [7, 11) is 0. The van der Waals surface area contributed by atoms with E-state index in [1.807, 2.05) is 6.07 Å². The Balaban J connectivity index is 1.38. The molecule has 154 valence electrons. The van der Waals surface area contributed by atoms with Crippen LogP contribution < -0.4 is 15.5 Å². The molecule has 1 saturated heterocycles. The number of ether oxygens (including phenoxy) is 1. The molecule has 0 spiro atoms. The van der Waals surface area contributed by atoms with Crippen molar-refractivity contribution in [1.29, 1.82) is 5.26 Å². The van der Waals surface area contributed by atoms with E-state index in [0.717, 1.165) is 25.7 Å². The van der Waals surface area contributed by atoms with E-state index in [1.54, 1.807) is 29.2 Å². The first kappa shape index (κ1) is 20.6. The van der Waals surface area contributed by atoms with Crippen molar-refractivity contribution in [1.82, 2.24) is 10.6 Å². The summed E-state index contributed by atoms with van der Waals surface area (Å²) < 4.78 is 5.41. The standard InChI is InChI=1S/C21H26N4O4/c22-14-15-6-8-16(9-7-15)25-13-11-18(20(25)27)24-21(28)23-12-10-19(26)29-17-4-2-1-3-5-17/h6-9,17-18H,1-5,10-13H2,(H2,23,24,28)/t18-/m0/s1. The van der Waals surface area contributed by atoms with Crippen LogP contribution in [0.5, 0.6) is 0 Å². The van der Waals surface area contributed by atoms with Crippen LogP contribution in [0.3, 0.4) is 0 Å². The largest absolute Gasteiger partial charge is 0.462 e. The van der Waals surface area contributed by atoms with Gasteiger partial charge >= 0.3 is 12.0 Å². The van der Waals surface area contributed by atoms with Crippen LogP contribution in [-0.2, 0) is 14.3 Å². The van der Waals surface area contributed by atoms with E-state index in [0.29, 0.717) is 24.2 Å². The van der Waals surface area contributed by atoms with E-state index >= 15 is 0 Å². The molecule has 1 aliphatic heterocycles. The molecule has 0 unspecified atom stereocenters. The summed E-state index contributed by atoms with van der Waals surface area (Å²) in [6.07, 6.45) is 5.82. The quantitative estimate of drug-likeness (QED) is 0.714. The predicted molar refractivity (Wildman–Crippen MR) is 106 cm³/mol. The van der Waals surface area contributed by atoms with E-state index in [9.17, 15) is 14.4 Å². The molecule has 8 heteroatoms. The first-order valence-electron chi connectivity index (χ1n) is 10.1. The van der Waals surface area contributed by atoms with Crippen LogP contribution in [0.1, 0.15) is 50.5 Å². The van der Waals surface area contributed by atoms with E-state index < -0.39 is 12.1 Å². The van der Waals surface area contributed by atoms with Crippen LogP contribution in [0.15, 0.2) is 24.3 Å². The molecule has 1 aliphatic carbocycles. The Bertz CT molecular complexity index is 781. The SMILES string of the molecule is N#Cc1ccc(N2CC[C@H](NC(=O)NCCC(=O)OC3CCCCC3)C2=O)cc1. The van der Waals surface area contributed by atoms with Gasteiger partial charge in [-0.2, -0.15) is 5.26 Å². The number of nitrogens with one attached hydrogen (secondary N) is 2. The topological polar surface area (TPSA) is 112 Å². The average molecular weight is 398 g/mol. The molecule has 2 fully saturated rings. The molecule has 2 N–H and O–H groups in total. The number of rotatable bonds is 6. The van der Waals surface area contributed by atoms with Gasteiger partial charge in [-0.3, -0.25) is 9.59 Å². The summed E-state index contributed by atoms with van der Waals surface area (Å²) in [4.78, 5) is 38.1. The molecule has 3 amide bonds. The minimum Gasteiger partial charge on any atom is -0.462 e. The number of carbonyl (C=O) groups excluding carboxylic acids is 3. The maximum atomic E-state index is 12.5. The first-order chi connectivity index (χ1) is 14.1. The number of nitriles is 1. The first-order valence-corrected chi connectivity index (χ1v) is 10.1. The molecule has 8 nitrogen and oxygen atoms in total. The van der Waals surface area contributed by atoms with Crippen LogP contribution >= 0.6 is 0 Å². The molecule has 1 heterocycles. The van der Waals surface area contributed by atoms with Gasteiger partial charge in [0, 0.05) is 18.8 Å². The Kier molecular flexibility index (Phi) is 7.06. The highest BCUT2D eigenvalue weighted by molar-refractivity contribution is 6.01. The second-order valence-corrected chi connectivity index (χ2v) is 7.39. The van der Waals surface area contributed by atoms with Crippen LogP contribution in [-0.4, -0.2) is 43.1 Å². The van der Waals surface area contributed by atoms with Gasteiger partial charge in [-0.05, 0) is 56.4 Å². The second kappa shape index (κ2) is 9.92. The van der Waals surface area contributed by atoms with Gasteiger partial charge < -0.3 is 20.3 Å². The van der Waals surface area contributed by atoms with Crippen molar-refractivity contribution in [2.75, 3.05) is 18.0 Å². The predicted octanol–water partition coefficient (Wildman–Crippen LogP) is 2.23. The molecule has 1 aromatic rings. The number of hydrogen-bond donors (Lipinski definition) is 2. The van der Waals surface area contributed by atoms with Crippen LogP contribution in [0.4, 0.5) is 10.5 Å². The zero-order valence-corrected chi connectivity index (χ0v) is 16.4. The number of anilines is 1. The number of urea groups is 1. The van der Waals surface area contributed by atoms with Crippen LogP contribution in [0, 0.1) is 11.3 Å². The lowest BCUT2D eigenvalue weighted by molar-refractivity contribution is -0.150. The molecule has 1 aromatic carbocycles. The van der Waals surface area contributed by atoms with Crippen LogP contribution in [0.25, 0.3) is 0 Å². The average Bonchev–Trinajstić information content (AvgIpc) is 3.09. The third-order valence-corrected chi connectivity index (χ3v) is 5.28. The normalized spacial score (nSPS) is 19.5. The molecule has 2 aliphatic rings. The van der Waals surface area contributed by atoms with Gasteiger partial charge in [0.05, 0.1) is 18.1 Å². The number of esters is 1. The number of carbonyl (C=O) groups is 3. The van der Waals surface area contributed by atoms with Crippen molar-refractivity contribution in [3.05, 3.63) is 29.8 Å². The molecule has 1 atom stereocenters. The van der Waals surface area contributed by atoms with Crippen molar-refractivity contribution in [2.45, 2.75) is 57.1 Å². The summed E-state index contributed by atoms with van der Waals surface area (Å²) in [6.45, 7) is 0.654. The van der Waals surface area contributed by atoms with E-state index in [4.69, 9.17) is 10.00 Å². The maximum absolute atomic E-state index is 12.5. The second-order valence-electron chi connectivity index (χ2n) is 7.39. The minimum absolute atomic E-state index is 0.00870. The molecule has 0 aromatic heterocycles. The lowest BCUT2D eigenvalue weighted by atomic mass is 9.98. The number of hydrogen-bond acceptors (Lipinski definition) is 5. The Morgan fingerprint density at radius 2 is 1.86 bits per heavy atom. The molecule has 3 rings (SSSR count). The summed E-state index contributed by atoms with van der Waals surface area (Å²) in [6, 6.07) is 7.70. The van der Waals surface area contributed by atoms with Gasteiger partial charge in [-0.1, -0.05) is 6.42 Å². The Labute approximate surface area is 170 Å². The molecule has 0 radical (unpaired) electrons. The van der Waals surface area contributed by atoms with Gasteiger partial charge in [-0.25, -0.2) is 4.79 Å². The Morgan fingerprint density at radius 3 is 2.55 bits per heavy atom. The van der Waals surface area contributed by atoms with Crippen LogP contribution in [0.2, 0.25) is 0 Å². The van der Waals surface area contributed by atoms with Gasteiger partial charge in [-0.15, -0.1) is 0 Å². The molecular weight excluding hydrogens is 372 g/mol. The third kappa shape index (κ3) is 5.70. The highest BCUT2D eigenvalue weighted by Gasteiger charge is 2.33. The van der Waals surface area contributed by atoms with Gasteiger partial charge in [0.1, 0.15) is 12.1 Å². The monoisotopic (exact) mass is 398 g/mol. The number of amides is 3. The molecule has 29 heavy (non-hydrogen) atoms. The van der Waals surface area contributed by atoms with Crippen molar-refractivity contribution in [3.63, 3.8) is 0 Å². The fourth-order valence-electron chi connectivity index (χ4n) is 3.70. The Hall–Kier alpha value is -3.08. The number of nitrogens with zero attached hydrogens (tertiary/aromatic N) is 2. The fourth-order valence-corrected chi connectivity index (χ4v) is 3.70. The highest BCUT2D eigenvalue weighted by Crippen LogP contribution is 2.22. The van der Waals surface area contributed by atoms with Crippen molar-refractivity contribution >= 4 is 23.6 Å². The number of benzene rings is 1. The Morgan fingerprint density at radius 1 is 1.14 bits per heavy atom. The van der Waals surface area contributed by atoms with E-state index in [2.05, 4.69) is 10.6 Å².